The number of aliphatic hydroxyl groups is 1. The summed E-state index contributed by atoms with van der Waals surface area (Å²) >= 11 is 0. The Hall–Kier alpha value is 0.400. The van der Waals surface area contributed by atoms with E-state index in [-0.39, 0.29) is 0 Å². The first-order valence-electron chi connectivity index (χ1n) is 3.03. The van der Waals surface area contributed by atoms with Gasteiger partial charge in [-0.3, -0.25) is 0 Å². The Kier molecular flexibility index (Phi) is 3.55. The highest BCUT2D eigenvalue weighted by atomic mass is 33.1. The predicted molar refractivity (Wildman–Crippen MR) is 44.5 cm³/mol. The third-order valence-electron chi connectivity index (χ3n) is 1.13. The van der Waals surface area contributed by atoms with E-state index in [1.54, 1.807) is 0 Å². The summed E-state index contributed by atoms with van der Waals surface area (Å²) in [5.41, 5.74) is 0. The zero-order chi connectivity index (χ0) is 6.53. The third kappa shape index (κ3) is 2.65. The highest BCUT2D eigenvalue weighted by molar-refractivity contribution is 8.78. The zero-order valence-corrected chi connectivity index (χ0v) is 6.80. The van der Waals surface area contributed by atoms with E-state index in [4.69, 9.17) is 5.11 Å². The molecule has 0 saturated heterocycles. The Morgan fingerprint density at radius 2 is 2.56 bits per heavy atom. The van der Waals surface area contributed by atoms with Crippen molar-refractivity contribution in [2.45, 2.75) is 12.8 Å². The van der Waals surface area contributed by atoms with Crippen molar-refractivity contribution < 1.29 is 5.11 Å². The zero-order valence-electron chi connectivity index (χ0n) is 5.17. The highest BCUT2D eigenvalue weighted by Gasteiger charge is 2.03. The fourth-order valence-corrected chi connectivity index (χ4v) is 2.96. The molecule has 52 valence electrons. The van der Waals surface area contributed by atoms with Gasteiger partial charge in [0.1, 0.15) is 0 Å². The fourth-order valence-electron chi connectivity index (χ4n) is 0.668. The van der Waals surface area contributed by atoms with Crippen LogP contribution >= 0.6 is 21.6 Å². The molecular formula is C6H10OS2. The minimum atomic E-state index is 0.322. The monoisotopic (exact) mass is 162 g/mol. The van der Waals surface area contributed by atoms with Gasteiger partial charge in [-0.25, -0.2) is 0 Å². The van der Waals surface area contributed by atoms with Crippen LogP contribution in [0.2, 0.25) is 0 Å². The summed E-state index contributed by atoms with van der Waals surface area (Å²) in [7, 11) is 3.72. The van der Waals surface area contributed by atoms with Gasteiger partial charge in [0, 0.05) is 12.4 Å². The van der Waals surface area contributed by atoms with Crippen molar-refractivity contribution in [3.8, 4) is 0 Å². The van der Waals surface area contributed by atoms with Crippen molar-refractivity contribution in [2.75, 3.05) is 12.4 Å². The normalized spacial score (nSPS) is 18.1. The minimum Gasteiger partial charge on any atom is -0.396 e. The van der Waals surface area contributed by atoms with Gasteiger partial charge in [0.25, 0.3) is 0 Å². The van der Waals surface area contributed by atoms with Crippen LogP contribution in [0.3, 0.4) is 0 Å². The molecule has 1 aliphatic rings. The molecule has 9 heavy (non-hydrogen) atoms. The second-order valence-corrected chi connectivity index (χ2v) is 4.33. The summed E-state index contributed by atoms with van der Waals surface area (Å²) in [4.78, 5) is 1.44. The molecule has 0 radical (unpaired) electrons. The van der Waals surface area contributed by atoms with Crippen molar-refractivity contribution in [3.05, 3.63) is 11.0 Å². The lowest BCUT2D eigenvalue weighted by molar-refractivity contribution is 0.289. The molecule has 1 N–H and O–H groups in total. The maximum absolute atomic E-state index is 8.48. The Balaban J connectivity index is 2.11. The molecular weight excluding hydrogens is 152 g/mol. The van der Waals surface area contributed by atoms with E-state index in [1.165, 1.54) is 4.91 Å². The van der Waals surface area contributed by atoms with E-state index in [2.05, 4.69) is 6.08 Å². The van der Waals surface area contributed by atoms with Crippen LogP contribution in [0, 0.1) is 0 Å². The molecule has 0 unspecified atom stereocenters. The molecule has 1 nitrogen and oxygen atoms in total. The van der Waals surface area contributed by atoms with E-state index in [9.17, 15) is 0 Å². The lowest BCUT2D eigenvalue weighted by Crippen LogP contribution is -1.81. The largest absolute Gasteiger partial charge is 0.396 e. The van der Waals surface area contributed by atoms with Gasteiger partial charge in [0.2, 0.25) is 0 Å². The van der Waals surface area contributed by atoms with E-state index in [0.717, 1.165) is 18.6 Å². The van der Waals surface area contributed by atoms with Crippen molar-refractivity contribution in [1.82, 2.24) is 0 Å². The smallest absolute Gasteiger partial charge is 0.0434 e. The number of hydrogen-bond acceptors (Lipinski definition) is 3. The Labute approximate surface area is 63.3 Å². The van der Waals surface area contributed by atoms with E-state index >= 15 is 0 Å². The van der Waals surface area contributed by atoms with Gasteiger partial charge < -0.3 is 5.11 Å². The number of allylic oxidation sites excluding steroid dienone is 1. The second kappa shape index (κ2) is 4.25. The first-order chi connectivity index (χ1) is 4.43. The van der Waals surface area contributed by atoms with Crippen LogP contribution in [0.1, 0.15) is 12.8 Å². The molecule has 0 atom stereocenters. The van der Waals surface area contributed by atoms with Gasteiger partial charge in [-0.05, 0) is 17.7 Å². The molecule has 0 aromatic carbocycles. The summed E-state index contributed by atoms with van der Waals surface area (Å²) in [6, 6.07) is 0. The maximum atomic E-state index is 8.48. The summed E-state index contributed by atoms with van der Waals surface area (Å²) in [5.74, 6) is 1.14. The number of rotatable bonds is 3. The molecule has 0 amide bonds. The summed E-state index contributed by atoms with van der Waals surface area (Å²) in [5, 5.41) is 8.48. The SMILES string of the molecule is OCCCC1=CCSS1. The molecule has 1 heterocycles. The average molecular weight is 162 g/mol. The topological polar surface area (TPSA) is 20.2 Å². The summed E-state index contributed by atoms with van der Waals surface area (Å²) < 4.78 is 0. The molecule has 3 heteroatoms. The van der Waals surface area contributed by atoms with Crippen LogP contribution in [0.15, 0.2) is 11.0 Å². The molecule has 1 aliphatic heterocycles. The molecule has 0 spiro atoms. The maximum Gasteiger partial charge on any atom is 0.0434 e. The molecule has 1 rings (SSSR count). The van der Waals surface area contributed by atoms with Gasteiger partial charge in [-0.1, -0.05) is 27.7 Å². The minimum absolute atomic E-state index is 0.322. The average Bonchev–Trinajstić information content (AvgIpc) is 2.34. The molecule has 0 aromatic heterocycles. The van der Waals surface area contributed by atoms with Gasteiger partial charge in [0.05, 0.1) is 0 Å². The van der Waals surface area contributed by atoms with Crippen molar-refractivity contribution >= 4 is 21.6 Å². The van der Waals surface area contributed by atoms with Crippen molar-refractivity contribution in [2.24, 2.45) is 0 Å². The molecule has 0 fully saturated rings. The highest BCUT2D eigenvalue weighted by Crippen LogP contribution is 2.38. The number of hydrogen-bond donors (Lipinski definition) is 1. The molecule has 0 aromatic rings. The van der Waals surface area contributed by atoms with Gasteiger partial charge in [-0.15, -0.1) is 0 Å². The van der Waals surface area contributed by atoms with E-state index in [1.807, 2.05) is 21.6 Å². The summed E-state index contributed by atoms with van der Waals surface area (Å²) in [6.07, 6.45) is 4.22. The predicted octanol–water partition coefficient (Wildman–Crippen LogP) is 2.04. The summed E-state index contributed by atoms with van der Waals surface area (Å²) in [6.45, 7) is 0.322. The van der Waals surface area contributed by atoms with Crippen LogP contribution in [0.5, 0.6) is 0 Å². The molecule has 0 saturated carbocycles. The third-order valence-corrected chi connectivity index (χ3v) is 3.54. The van der Waals surface area contributed by atoms with Gasteiger partial charge >= 0.3 is 0 Å². The lowest BCUT2D eigenvalue weighted by atomic mass is 10.3. The van der Waals surface area contributed by atoms with Gasteiger partial charge in [0.15, 0.2) is 0 Å². The molecule has 0 aliphatic carbocycles. The van der Waals surface area contributed by atoms with Crippen LogP contribution in [-0.2, 0) is 0 Å². The Bertz CT molecular complexity index is 112. The fraction of sp³-hybridized carbons (Fsp3) is 0.667. The first kappa shape index (κ1) is 7.51. The van der Waals surface area contributed by atoms with Crippen LogP contribution in [0.25, 0.3) is 0 Å². The Morgan fingerprint density at radius 3 is 3.11 bits per heavy atom. The lowest BCUT2D eigenvalue weighted by Gasteiger charge is -1.94. The first-order valence-corrected chi connectivity index (χ1v) is 5.35. The standard InChI is InChI=1S/C6H10OS2/c7-4-1-2-6-3-5-8-9-6/h3,7H,1-2,4-5H2. The second-order valence-electron chi connectivity index (χ2n) is 1.87. The van der Waals surface area contributed by atoms with Crippen LogP contribution in [-0.4, -0.2) is 17.5 Å². The quantitative estimate of drug-likeness (QED) is 0.641. The van der Waals surface area contributed by atoms with Gasteiger partial charge in [-0.2, -0.15) is 0 Å². The van der Waals surface area contributed by atoms with E-state index < -0.39 is 0 Å². The van der Waals surface area contributed by atoms with Crippen LogP contribution in [0.4, 0.5) is 0 Å². The Morgan fingerprint density at radius 1 is 1.67 bits per heavy atom. The van der Waals surface area contributed by atoms with Crippen LogP contribution < -0.4 is 0 Å². The van der Waals surface area contributed by atoms with Crippen molar-refractivity contribution in [1.29, 1.82) is 0 Å². The number of aliphatic hydroxyl groups excluding tert-OH is 1. The molecule has 0 bridgehead atoms. The van der Waals surface area contributed by atoms with E-state index in [0.29, 0.717) is 6.61 Å². The van der Waals surface area contributed by atoms with Crippen molar-refractivity contribution in [3.63, 3.8) is 0 Å².